The molecule has 0 fully saturated rings. The van der Waals surface area contributed by atoms with Crippen molar-refractivity contribution in [3.8, 4) is 0 Å². The summed E-state index contributed by atoms with van der Waals surface area (Å²) in [5.41, 5.74) is -0.633. The van der Waals surface area contributed by atoms with Crippen LogP contribution in [0.15, 0.2) is 24.8 Å². The van der Waals surface area contributed by atoms with E-state index in [1.807, 2.05) is 13.8 Å². The molecule has 1 aromatic carbocycles. The summed E-state index contributed by atoms with van der Waals surface area (Å²) in [6.45, 7) is 7.55. The number of hydrogen-bond donors (Lipinski definition) is 1. The lowest BCUT2D eigenvalue weighted by Crippen LogP contribution is -2.32. The second-order valence-electron chi connectivity index (χ2n) is 4.10. The first-order valence-corrected chi connectivity index (χ1v) is 5.49. The van der Waals surface area contributed by atoms with Crippen LogP contribution in [0.4, 0.5) is 14.5 Å². The molecular formula is C13H15F2NO2. The molecule has 0 unspecified atom stereocenters. The molecule has 0 amide bonds. The first-order chi connectivity index (χ1) is 8.40. The molecule has 98 valence electrons. The van der Waals surface area contributed by atoms with Crippen LogP contribution in [0.5, 0.6) is 0 Å². The molecule has 0 aliphatic rings. The van der Waals surface area contributed by atoms with Crippen molar-refractivity contribution in [3.05, 3.63) is 42.0 Å². The third-order valence-corrected chi connectivity index (χ3v) is 2.55. The second-order valence-corrected chi connectivity index (χ2v) is 4.10. The quantitative estimate of drug-likeness (QED) is 0.822. The van der Waals surface area contributed by atoms with Gasteiger partial charge in [0.15, 0.2) is 11.6 Å². The van der Waals surface area contributed by atoms with Crippen molar-refractivity contribution in [3.63, 3.8) is 0 Å². The van der Waals surface area contributed by atoms with Crippen molar-refractivity contribution in [2.24, 2.45) is 0 Å². The molecule has 1 aromatic rings. The van der Waals surface area contributed by atoms with E-state index in [1.165, 1.54) is 6.07 Å². The van der Waals surface area contributed by atoms with E-state index in [1.54, 1.807) is 11.0 Å². The average molecular weight is 255 g/mol. The third kappa shape index (κ3) is 2.67. The van der Waals surface area contributed by atoms with Crippen molar-refractivity contribution >= 4 is 11.7 Å². The molecule has 0 bridgehead atoms. The lowest BCUT2D eigenvalue weighted by molar-refractivity contribution is 0.0690. The van der Waals surface area contributed by atoms with E-state index in [0.717, 1.165) is 6.07 Å². The Kier molecular flexibility index (Phi) is 4.42. The van der Waals surface area contributed by atoms with Crippen LogP contribution in [0, 0.1) is 11.6 Å². The van der Waals surface area contributed by atoms with Gasteiger partial charge in [0.2, 0.25) is 0 Å². The molecule has 5 heteroatoms. The van der Waals surface area contributed by atoms with Crippen molar-refractivity contribution < 1.29 is 18.7 Å². The van der Waals surface area contributed by atoms with Gasteiger partial charge in [0.05, 0.1) is 11.3 Å². The highest BCUT2D eigenvalue weighted by molar-refractivity contribution is 5.88. The molecule has 18 heavy (non-hydrogen) atoms. The average Bonchev–Trinajstić information content (AvgIpc) is 2.29. The summed E-state index contributed by atoms with van der Waals surface area (Å²) < 4.78 is 27.4. The number of benzene rings is 1. The second kappa shape index (κ2) is 5.62. The third-order valence-electron chi connectivity index (χ3n) is 2.55. The normalized spacial score (nSPS) is 10.5. The van der Waals surface area contributed by atoms with Crippen molar-refractivity contribution in [1.82, 2.24) is 0 Å². The molecule has 0 atom stereocenters. The summed E-state index contributed by atoms with van der Waals surface area (Å²) in [6.07, 6.45) is 1.57. The summed E-state index contributed by atoms with van der Waals surface area (Å²) in [6, 6.07) is 2.27. The Labute approximate surface area is 104 Å². The van der Waals surface area contributed by atoms with Gasteiger partial charge in [-0.3, -0.25) is 0 Å². The Morgan fingerprint density at radius 2 is 2.06 bits per heavy atom. The van der Waals surface area contributed by atoms with E-state index in [2.05, 4.69) is 6.58 Å². The largest absolute Gasteiger partial charge is 0.478 e. The zero-order valence-corrected chi connectivity index (χ0v) is 10.3. The van der Waals surface area contributed by atoms with Gasteiger partial charge in [-0.05, 0) is 26.0 Å². The van der Waals surface area contributed by atoms with Crippen LogP contribution < -0.4 is 4.90 Å². The fourth-order valence-corrected chi connectivity index (χ4v) is 1.65. The van der Waals surface area contributed by atoms with Crippen LogP contribution in [0.2, 0.25) is 0 Å². The Balaban J connectivity index is 3.29. The van der Waals surface area contributed by atoms with E-state index in [9.17, 15) is 13.6 Å². The number of halogens is 2. The molecule has 1 N–H and O–H groups in total. The highest BCUT2D eigenvalue weighted by atomic mass is 19.2. The molecule has 0 spiro atoms. The van der Waals surface area contributed by atoms with E-state index in [0.29, 0.717) is 6.54 Å². The van der Waals surface area contributed by atoms with E-state index < -0.39 is 23.2 Å². The molecule has 0 radical (unpaired) electrons. The Morgan fingerprint density at radius 1 is 1.44 bits per heavy atom. The fourth-order valence-electron chi connectivity index (χ4n) is 1.65. The number of anilines is 1. The maximum Gasteiger partial charge on any atom is 0.338 e. The van der Waals surface area contributed by atoms with Gasteiger partial charge >= 0.3 is 5.97 Å². The number of rotatable bonds is 5. The van der Waals surface area contributed by atoms with Gasteiger partial charge in [-0.2, -0.15) is 0 Å². The number of carboxylic acid groups (broad SMARTS) is 1. The van der Waals surface area contributed by atoms with Crippen LogP contribution in [0.3, 0.4) is 0 Å². The van der Waals surface area contributed by atoms with Gasteiger partial charge in [-0.15, -0.1) is 6.58 Å². The maximum absolute atomic E-state index is 13.8. The minimum absolute atomic E-state index is 0.0346. The predicted octanol–water partition coefficient (Wildman–Crippen LogP) is 3.06. The van der Waals surface area contributed by atoms with Crippen LogP contribution in [0.1, 0.15) is 24.2 Å². The number of nitrogens with zero attached hydrogens (tertiary/aromatic N) is 1. The van der Waals surface area contributed by atoms with E-state index >= 15 is 0 Å². The summed E-state index contributed by atoms with van der Waals surface area (Å²) in [4.78, 5) is 12.3. The summed E-state index contributed by atoms with van der Waals surface area (Å²) >= 11 is 0. The lowest BCUT2D eigenvalue weighted by atomic mass is 10.1. The summed E-state index contributed by atoms with van der Waals surface area (Å²) in [5, 5.41) is 8.70. The molecule has 3 nitrogen and oxygen atoms in total. The van der Waals surface area contributed by atoms with E-state index in [4.69, 9.17) is 5.11 Å². The Bertz CT molecular complexity index is 472. The fraction of sp³-hybridized carbons (Fsp3) is 0.308. The minimum Gasteiger partial charge on any atom is -0.478 e. The van der Waals surface area contributed by atoms with Crippen molar-refractivity contribution in [1.29, 1.82) is 0 Å². The monoisotopic (exact) mass is 255 g/mol. The molecule has 0 aromatic heterocycles. The van der Waals surface area contributed by atoms with Crippen LogP contribution in [0.25, 0.3) is 0 Å². The zero-order chi connectivity index (χ0) is 13.9. The number of aromatic carboxylic acids is 1. The Hall–Kier alpha value is -1.91. The van der Waals surface area contributed by atoms with E-state index in [-0.39, 0.29) is 11.7 Å². The Morgan fingerprint density at radius 3 is 2.50 bits per heavy atom. The number of carboxylic acids is 1. The SMILES string of the molecule is C=CCN(c1ccc(C(=O)O)c(F)c1F)C(C)C. The topological polar surface area (TPSA) is 40.5 Å². The van der Waals surface area contributed by atoms with Crippen molar-refractivity contribution in [2.75, 3.05) is 11.4 Å². The first-order valence-electron chi connectivity index (χ1n) is 5.49. The molecule has 1 rings (SSSR count). The lowest BCUT2D eigenvalue weighted by Gasteiger charge is -2.28. The number of hydrogen-bond acceptors (Lipinski definition) is 2. The first kappa shape index (κ1) is 14.2. The standard InChI is InChI=1S/C13H15F2NO2/c1-4-7-16(8(2)3)10-6-5-9(13(17)18)11(14)12(10)15/h4-6,8H,1,7H2,2-3H3,(H,17,18). The highest BCUT2D eigenvalue weighted by Gasteiger charge is 2.21. The van der Waals surface area contributed by atoms with Crippen molar-refractivity contribution in [2.45, 2.75) is 19.9 Å². The van der Waals surface area contributed by atoms with Crippen LogP contribution >= 0.6 is 0 Å². The highest BCUT2D eigenvalue weighted by Crippen LogP contribution is 2.25. The maximum atomic E-state index is 13.8. The van der Waals surface area contributed by atoms with Crippen LogP contribution in [-0.2, 0) is 0 Å². The van der Waals surface area contributed by atoms with Crippen LogP contribution in [-0.4, -0.2) is 23.7 Å². The van der Waals surface area contributed by atoms with Gasteiger partial charge in [0.1, 0.15) is 0 Å². The predicted molar refractivity (Wildman–Crippen MR) is 66.0 cm³/mol. The summed E-state index contributed by atoms with van der Waals surface area (Å²) in [5.74, 6) is -3.97. The summed E-state index contributed by atoms with van der Waals surface area (Å²) in [7, 11) is 0. The molecular weight excluding hydrogens is 240 g/mol. The van der Waals surface area contributed by atoms with Gasteiger partial charge in [-0.1, -0.05) is 6.08 Å². The number of carbonyl (C=O) groups is 1. The van der Waals surface area contributed by atoms with Gasteiger partial charge < -0.3 is 10.0 Å². The molecule has 0 aliphatic heterocycles. The van der Waals surface area contributed by atoms with Gasteiger partial charge in [0, 0.05) is 12.6 Å². The molecule has 0 aliphatic carbocycles. The van der Waals surface area contributed by atoms with Gasteiger partial charge in [-0.25, -0.2) is 13.6 Å². The minimum atomic E-state index is -1.49. The molecule has 0 saturated carbocycles. The van der Waals surface area contributed by atoms with Gasteiger partial charge in [0.25, 0.3) is 0 Å². The smallest absolute Gasteiger partial charge is 0.338 e. The molecule has 0 heterocycles. The zero-order valence-electron chi connectivity index (χ0n) is 10.3. The molecule has 0 saturated heterocycles.